The number of aliphatic hydroxyl groups excluding tert-OH is 1. The van der Waals surface area contributed by atoms with E-state index in [1.165, 1.54) is 7.11 Å². The van der Waals surface area contributed by atoms with Crippen molar-refractivity contribution in [2.75, 3.05) is 20.7 Å². The van der Waals surface area contributed by atoms with Crippen LogP contribution in [0.5, 0.6) is 11.5 Å². The summed E-state index contributed by atoms with van der Waals surface area (Å²) < 4.78 is 4.98. The number of hydrogen-bond donors (Lipinski definition) is 2. The molecular weight excluding hydrogens is 218 g/mol. The van der Waals surface area contributed by atoms with Crippen LogP contribution in [-0.4, -0.2) is 41.9 Å². The molecule has 17 heavy (non-hydrogen) atoms. The molecule has 0 aliphatic rings. The third kappa shape index (κ3) is 4.24. The topological polar surface area (TPSA) is 52.9 Å². The molecule has 96 valence electrons. The summed E-state index contributed by atoms with van der Waals surface area (Å²) in [7, 11) is 3.47. The number of phenolic OH excluding ortho intramolecular Hbond substituents is 1. The van der Waals surface area contributed by atoms with Crippen LogP contribution in [0, 0.1) is 0 Å². The fraction of sp³-hybridized carbons (Fsp3) is 0.538. The van der Waals surface area contributed by atoms with Crippen LogP contribution >= 0.6 is 0 Å². The summed E-state index contributed by atoms with van der Waals surface area (Å²) in [5, 5.41) is 19.2. The van der Waals surface area contributed by atoms with E-state index in [1.54, 1.807) is 12.1 Å². The molecular formula is C13H21NO3. The van der Waals surface area contributed by atoms with Crippen LogP contribution in [0.15, 0.2) is 18.2 Å². The molecule has 1 atom stereocenters. The molecule has 0 bridgehead atoms. The maximum atomic E-state index is 9.64. The molecule has 0 saturated carbocycles. The van der Waals surface area contributed by atoms with Crippen molar-refractivity contribution in [3.05, 3.63) is 23.8 Å². The molecule has 2 N–H and O–H groups in total. The number of aliphatic hydroxyl groups is 1. The van der Waals surface area contributed by atoms with Crippen LogP contribution in [0.4, 0.5) is 0 Å². The molecule has 0 amide bonds. The standard InChI is InChI=1S/C13H21NO3/c1-4-11(15)9-14(2)8-10-5-6-13(17-3)12(16)7-10/h5-7,11,15-16H,4,8-9H2,1-3H3/t11-/m1/s1. The minimum Gasteiger partial charge on any atom is -0.504 e. The summed E-state index contributed by atoms with van der Waals surface area (Å²) in [6.45, 7) is 3.27. The second kappa shape index (κ2) is 6.47. The zero-order valence-corrected chi connectivity index (χ0v) is 10.7. The van der Waals surface area contributed by atoms with E-state index in [9.17, 15) is 10.2 Å². The van der Waals surface area contributed by atoms with E-state index in [4.69, 9.17) is 4.74 Å². The Morgan fingerprint density at radius 3 is 2.65 bits per heavy atom. The molecule has 0 radical (unpaired) electrons. The number of methoxy groups -OCH3 is 1. The third-order valence-corrected chi connectivity index (χ3v) is 2.69. The zero-order valence-electron chi connectivity index (χ0n) is 10.7. The quantitative estimate of drug-likeness (QED) is 0.792. The highest BCUT2D eigenvalue weighted by Crippen LogP contribution is 2.26. The minimum absolute atomic E-state index is 0.148. The van der Waals surface area contributed by atoms with Crippen molar-refractivity contribution in [3.63, 3.8) is 0 Å². The van der Waals surface area contributed by atoms with Crippen molar-refractivity contribution < 1.29 is 14.9 Å². The molecule has 0 heterocycles. The highest BCUT2D eigenvalue weighted by Gasteiger charge is 2.08. The zero-order chi connectivity index (χ0) is 12.8. The van der Waals surface area contributed by atoms with E-state index >= 15 is 0 Å². The van der Waals surface area contributed by atoms with E-state index < -0.39 is 0 Å². The summed E-state index contributed by atoms with van der Waals surface area (Å²) >= 11 is 0. The van der Waals surface area contributed by atoms with Crippen LogP contribution in [-0.2, 0) is 6.54 Å². The Morgan fingerprint density at radius 2 is 2.12 bits per heavy atom. The third-order valence-electron chi connectivity index (χ3n) is 2.69. The van der Waals surface area contributed by atoms with Crippen LogP contribution in [0.1, 0.15) is 18.9 Å². The second-order valence-electron chi connectivity index (χ2n) is 4.27. The van der Waals surface area contributed by atoms with E-state index in [0.717, 1.165) is 12.0 Å². The van der Waals surface area contributed by atoms with Gasteiger partial charge in [0, 0.05) is 13.1 Å². The monoisotopic (exact) mass is 239 g/mol. The lowest BCUT2D eigenvalue weighted by atomic mass is 10.2. The molecule has 0 aliphatic carbocycles. The van der Waals surface area contributed by atoms with Gasteiger partial charge >= 0.3 is 0 Å². The lowest BCUT2D eigenvalue weighted by Crippen LogP contribution is -2.28. The summed E-state index contributed by atoms with van der Waals surface area (Å²) in [4.78, 5) is 2.02. The number of phenols is 1. The summed E-state index contributed by atoms with van der Waals surface area (Å²) in [5.41, 5.74) is 0.995. The van der Waals surface area contributed by atoms with Gasteiger partial charge < -0.3 is 14.9 Å². The van der Waals surface area contributed by atoms with Gasteiger partial charge in [-0.15, -0.1) is 0 Å². The maximum Gasteiger partial charge on any atom is 0.160 e. The fourth-order valence-electron chi connectivity index (χ4n) is 1.70. The molecule has 1 rings (SSSR count). The second-order valence-corrected chi connectivity index (χ2v) is 4.27. The summed E-state index contributed by atoms with van der Waals surface area (Å²) in [6.07, 6.45) is 0.449. The molecule has 0 spiro atoms. The van der Waals surface area contributed by atoms with Gasteiger partial charge in [0.15, 0.2) is 11.5 Å². The fourth-order valence-corrected chi connectivity index (χ4v) is 1.70. The van der Waals surface area contributed by atoms with Gasteiger partial charge in [-0.1, -0.05) is 13.0 Å². The number of benzene rings is 1. The highest BCUT2D eigenvalue weighted by molar-refractivity contribution is 5.41. The van der Waals surface area contributed by atoms with Gasteiger partial charge in [0.2, 0.25) is 0 Å². The predicted molar refractivity (Wildman–Crippen MR) is 67.3 cm³/mol. The number of rotatable bonds is 6. The summed E-state index contributed by atoms with van der Waals surface area (Å²) in [5.74, 6) is 0.624. The number of ether oxygens (including phenoxy) is 1. The van der Waals surface area contributed by atoms with Gasteiger partial charge in [-0.05, 0) is 31.2 Å². The first kappa shape index (κ1) is 13.8. The van der Waals surface area contributed by atoms with Crippen LogP contribution in [0.25, 0.3) is 0 Å². The highest BCUT2D eigenvalue weighted by atomic mass is 16.5. The van der Waals surface area contributed by atoms with Crippen molar-refractivity contribution in [1.29, 1.82) is 0 Å². The number of nitrogens with zero attached hydrogens (tertiary/aromatic N) is 1. The van der Waals surface area contributed by atoms with Gasteiger partial charge in [-0.3, -0.25) is 4.90 Å². The lowest BCUT2D eigenvalue weighted by molar-refractivity contribution is 0.119. The SMILES string of the molecule is CC[C@@H](O)CN(C)Cc1ccc(OC)c(O)c1. The Hall–Kier alpha value is -1.26. The number of aromatic hydroxyl groups is 1. The normalized spacial score (nSPS) is 12.8. The van der Waals surface area contributed by atoms with Crippen molar-refractivity contribution in [3.8, 4) is 11.5 Å². The molecule has 0 unspecified atom stereocenters. The Morgan fingerprint density at radius 1 is 1.41 bits per heavy atom. The molecule has 1 aromatic rings. The maximum absolute atomic E-state index is 9.64. The Balaban J connectivity index is 2.59. The first-order valence-electron chi connectivity index (χ1n) is 5.79. The first-order chi connectivity index (χ1) is 8.06. The average Bonchev–Trinajstić information content (AvgIpc) is 2.29. The molecule has 0 fully saturated rings. The molecule has 0 saturated heterocycles. The lowest BCUT2D eigenvalue weighted by Gasteiger charge is -2.20. The van der Waals surface area contributed by atoms with Gasteiger partial charge in [-0.2, -0.15) is 0 Å². The number of hydrogen-bond acceptors (Lipinski definition) is 4. The largest absolute Gasteiger partial charge is 0.504 e. The van der Waals surface area contributed by atoms with Crippen LogP contribution in [0.3, 0.4) is 0 Å². The van der Waals surface area contributed by atoms with Crippen LogP contribution < -0.4 is 4.74 Å². The Kier molecular flexibility index (Phi) is 5.25. The van der Waals surface area contributed by atoms with Crippen molar-refractivity contribution in [2.45, 2.75) is 26.0 Å². The van der Waals surface area contributed by atoms with E-state index in [0.29, 0.717) is 18.8 Å². The number of likely N-dealkylation sites (N-methyl/N-ethyl adjacent to an activating group) is 1. The molecule has 4 heteroatoms. The van der Waals surface area contributed by atoms with Gasteiger partial charge in [0.25, 0.3) is 0 Å². The van der Waals surface area contributed by atoms with Crippen molar-refractivity contribution >= 4 is 0 Å². The van der Waals surface area contributed by atoms with Gasteiger partial charge in [-0.25, -0.2) is 0 Å². The van der Waals surface area contributed by atoms with Crippen LogP contribution in [0.2, 0.25) is 0 Å². The van der Waals surface area contributed by atoms with Crippen molar-refractivity contribution in [2.24, 2.45) is 0 Å². The van der Waals surface area contributed by atoms with E-state index in [2.05, 4.69) is 0 Å². The van der Waals surface area contributed by atoms with Crippen molar-refractivity contribution in [1.82, 2.24) is 4.90 Å². The Labute approximate surface area is 102 Å². The van der Waals surface area contributed by atoms with Gasteiger partial charge in [0.1, 0.15) is 0 Å². The molecule has 0 aliphatic heterocycles. The van der Waals surface area contributed by atoms with Gasteiger partial charge in [0.05, 0.1) is 13.2 Å². The van der Waals surface area contributed by atoms with E-state index in [-0.39, 0.29) is 11.9 Å². The smallest absolute Gasteiger partial charge is 0.160 e. The molecule has 0 aromatic heterocycles. The average molecular weight is 239 g/mol. The molecule has 1 aromatic carbocycles. The first-order valence-corrected chi connectivity index (χ1v) is 5.79. The Bertz CT molecular complexity index is 355. The van der Waals surface area contributed by atoms with E-state index in [1.807, 2.05) is 24.9 Å². The molecule has 4 nitrogen and oxygen atoms in total. The minimum atomic E-state index is -0.299. The predicted octanol–water partition coefficient (Wildman–Crippen LogP) is 1.60. The summed E-state index contributed by atoms with van der Waals surface area (Å²) in [6, 6.07) is 5.34.